The third-order valence-corrected chi connectivity index (χ3v) is 5.34. The Hall–Kier alpha value is -3.86. The number of nitrogens with one attached hydrogen (secondary N) is 1. The van der Waals surface area contributed by atoms with E-state index in [-0.39, 0.29) is 18.3 Å². The molecule has 9 nitrogen and oxygen atoms in total. The molecule has 32 heavy (non-hydrogen) atoms. The van der Waals surface area contributed by atoms with Crippen LogP contribution in [0.2, 0.25) is 0 Å². The number of carbonyl (C=O) groups is 1. The lowest BCUT2D eigenvalue weighted by molar-refractivity contribution is -0.117. The molecule has 1 N–H and O–H groups in total. The number of thiazole rings is 1. The first kappa shape index (κ1) is 21.4. The summed E-state index contributed by atoms with van der Waals surface area (Å²) in [7, 11) is 3.16. The third kappa shape index (κ3) is 4.57. The Kier molecular flexibility index (Phi) is 6.08. The summed E-state index contributed by atoms with van der Waals surface area (Å²) in [6.07, 6.45) is 0. The van der Waals surface area contributed by atoms with Crippen molar-refractivity contribution in [2.45, 2.75) is 13.5 Å². The molecule has 4 aromatic rings. The number of nitrogens with zero attached hydrogens (tertiary/aromatic N) is 5. The zero-order valence-corrected chi connectivity index (χ0v) is 18.3. The van der Waals surface area contributed by atoms with Crippen molar-refractivity contribution in [1.82, 2.24) is 25.2 Å². The predicted molar refractivity (Wildman–Crippen MR) is 117 cm³/mol. The van der Waals surface area contributed by atoms with Gasteiger partial charge in [-0.2, -0.15) is 4.80 Å². The van der Waals surface area contributed by atoms with E-state index in [1.807, 2.05) is 11.4 Å². The van der Waals surface area contributed by atoms with Gasteiger partial charge in [-0.25, -0.2) is 9.37 Å². The molecule has 0 aliphatic rings. The summed E-state index contributed by atoms with van der Waals surface area (Å²) in [5, 5.41) is 17.0. The number of methoxy groups -OCH3 is 2. The van der Waals surface area contributed by atoms with Crippen molar-refractivity contribution in [2.75, 3.05) is 19.5 Å². The largest absolute Gasteiger partial charge is 0.497 e. The van der Waals surface area contributed by atoms with Gasteiger partial charge in [0.25, 0.3) is 0 Å². The van der Waals surface area contributed by atoms with Crippen LogP contribution in [0.4, 0.5) is 9.52 Å². The molecular formula is C21H19FN6O3S. The van der Waals surface area contributed by atoms with E-state index in [9.17, 15) is 9.18 Å². The van der Waals surface area contributed by atoms with Gasteiger partial charge < -0.3 is 14.8 Å². The maximum absolute atomic E-state index is 13.5. The van der Waals surface area contributed by atoms with Crippen molar-refractivity contribution in [3.63, 3.8) is 0 Å². The Bertz CT molecular complexity index is 1270. The van der Waals surface area contributed by atoms with Crippen LogP contribution >= 0.6 is 11.3 Å². The van der Waals surface area contributed by atoms with Crippen molar-refractivity contribution in [2.24, 2.45) is 0 Å². The van der Waals surface area contributed by atoms with E-state index in [1.54, 1.807) is 45.4 Å². The highest BCUT2D eigenvalue weighted by Crippen LogP contribution is 2.35. The minimum Gasteiger partial charge on any atom is -0.497 e. The lowest BCUT2D eigenvalue weighted by Crippen LogP contribution is -2.20. The summed E-state index contributed by atoms with van der Waals surface area (Å²) in [6.45, 7) is 1.50. The number of benzene rings is 2. The minimum absolute atomic E-state index is 0.148. The summed E-state index contributed by atoms with van der Waals surface area (Å²) in [5.41, 5.74) is 2.49. The Morgan fingerprint density at radius 1 is 1.19 bits per heavy atom. The quantitative estimate of drug-likeness (QED) is 0.455. The van der Waals surface area contributed by atoms with E-state index < -0.39 is 0 Å². The second-order valence-electron chi connectivity index (χ2n) is 6.76. The fourth-order valence-electron chi connectivity index (χ4n) is 2.97. The average Bonchev–Trinajstić information content (AvgIpc) is 3.45. The second kappa shape index (κ2) is 9.10. The van der Waals surface area contributed by atoms with Crippen LogP contribution in [0.5, 0.6) is 11.5 Å². The summed E-state index contributed by atoms with van der Waals surface area (Å²) in [5.74, 6) is 0.952. The molecule has 0 atom stereocenters. The Morgan fingerprint density at radius 3 is 2.78 bits per heavy atom. The topological polar surface area (TPSA) is 104 Å². The molecule has 0 saturated carbocycles. The highest BCUT2D eigenvalue weighted by Gasteiger charge is 2.15. The summed E-state index contributed by atoms with van der Waals surface area (Å²) >= 11 is 1.28. The van der Waals surface area contributed by atoms with Gasteiger partial charge in [-0.3, -0.25) is 4.79 Å². The molecule has 0 spiro atoms. The van der Waals surface area contributed by atoms with Gasteiger partial charge in [-0.15, -0.1) is 21.5 Å². The normalized spacial score (nSPS) is 10.8. The summed E-state index contributed by atoms with van der Waals surface area (Å²) in [4.78, 5) is 18.1. The number of ether oxygens (including phenoxy) is 2. The number of halogens is 1. The van der Waals surface area contributed by atoms with Crippen LogP contribution in [-0.4, -0.2) is 45.3 Å². The Balaban J connectivity index is 1.44. The number of rotatable bonds is 7. The molecule has 0 aliphatic carbocycles. The molecule has 2 aromatic carbocycles. The molecule has 0 aliphatic heterocycles. The van der Waals surface area contributed by atoms with Crippen molar-refractivity contribution < 1.29 is 18.7 Å². The number of amides is 1. The molecule has 11 heteroatoms. The first-order valence-electron chi connectivity index (χ1n) is 9.49. The summed E-state index contributed by atoms with van der Waals surface area (Å²) < 4.78 is 24.1. The molecule has 0 radical (unpaired) electrons. The van der Waals surface area contributed by atoms with Gasteiger partial charge in [0.05, 0.1) is 19.9 Å². The standard InChI is InChI=1S/C21H19FN6O3S/c1-12-8-13(4-6-16(12)22)20-25-27-28(26-20)10-19(29)24-21-23-17(11-32-21)15-9-14(30-2)5-7-18(15)31-3/h4-9,11H,10H2,1-3H3,(H,23,24,29). The highest BCUT2D eigenvalue weighted by atomic mass is 32.1. The number of tetrazole rings is 1. The van der Waals surface area contributed by atoms with E-state index in [0.717, 1.165) is 5.56 Å². The van der Waals surface area contributed by atoms with Crippen molar-refractivity contribution in [1.29, 1.82) is 0 Å². The zero-order valence-electron chi connectivity index (χ0n) is 17.5. The number of aryl methyl sites for hydroxylation is 1. The smallest absolute Gasteiger partial charge is 0.249 e. The number of hydrogen-bond acceptors (Lipinski definition) is 8. The Labute approximate surface area is 186 Å². The zero-order chi connectivity index (χ0) is 22.7. The van der Waals surface area contributed by atoms with Crippen molar-refractivity contribution in [3.05, 3.63) is 53.2 Å². The van der Waals surface area contributed by atoms with Gasteiger partial charge in [0.2, 0.25) is 11.7 Å². The number of anilines is 1. The molecule has 2 aromatic heterocycles. The number of hydrogen-bond donors (Lipinski definition) is 1. The monoisotopic (exact) mass is 454 g/mol. The lowest BCUT2D eigenvalue weighted by Gasteiger charge is -2.08. The summed E-state index contributed by atoms with van der Waals surface area (Å²) in [6, 6.07) is 9.94. The van der Waals surface area contributed by atoms with E-state index >= 15 is 0 Å². The minimum atomic E-state index is -0.359. The van der Waals surface area contributed by atoms with E-state index in [2.05, 4.69) is 25.7 Å². The molecule has 0 fully saturated rings. The highest BCUT2D eigenvalue weighted by molar-refractivity contribution is 7.14. The van der Waals surface area contributed by atoms with Crippen LogP contribution in [0, 0.1) is 12.7 Å². The van der Waals surface area contributed by atoms with Crippen LogP contribution in [0.1, 0.15) is 5.56 Å². The van der Waals surface area contributed by atoms with Crippen LogP contribution in [-0.2, 0) is 11.3 Å². The number of carbonyl (C=O) groups excluding carboxylic acids is 1. The third-order valence-electron chi connectivity index (χ3n) is 4.59. The van der Waals surface area contributed by atoms with Gasteiger partial charge >= 0.3 is 0 Å². The van der Waals surface area contributed by atoms with Gasteiger partial charge in [-0.05, 0) is 54.1 Å². The van der Waals surface area contributed by atoms with E-state index in [4.69, 9.17) is 9.47 Å². The van der Waals surface area contributed by atoms with Crippen LogP contribution in [0.15, 0.2) is 41.8 Å². The molecular weight excluding hydrogens is 435 g/mol. The first-order valence-corrected chi connectivity index (χ1v) is 10.4. The molecule has 0 saturated heterocycles. The molecule has 2 heterocycles. The molecule has 1 amide bonds. The number of aromatic nitrogens is 5. The van der Waals surface area contributed by atoms with Gasteiger partial charge in [-0.1, -0.05) is 0 Å². The molecule has 0 bridgehead atoms. The van der Waals surface area contributed by atoms with Gasteiger partial charge in [0, 0.05) is 16.5 Å². The SMILES string of the molecule is COc1ccc(OC)c(-c2csc(NC(=O)Cn3nnc(-c4ccc(F)c(C)c4)n3)n2)c1. The van der Waals surface area contributed by atoms with E-state index in [1.165, 1.54) is 22.2 Å². The second-order valence-corrected chi connectivity index (χ2v) is 7.62. The maximum Gasteiger partial charge on any atom is 0.249 e. The predicted octanol–water partition coefficient (Wildman–Crippen LogP) is 3.57. The Morgan fingerprint density at radius 2 is 2.03 bits per heavy atom. The van der Waals surface area contributed by atoms with Crippen molar-refractivity contribution in [3.8, 4) is 34.1 Å². The van der Waals surface area contributed by atoms with Crippen LogP contribution < -0.4 is 14.8 Å². The van der Waals surface area contributed by atoms with Crippen molar-refractivity contribution >= 4 is 22.4 Å². The molecule has 4 rings (SSSR count). The first-order chi connectivity index (χ1) is 15.5. The van der Waals surface area contributed by atoms with E-state index in [0.29, 0.717) is 39.3 Å². The average molecular weight is 454 g/mol. The van der Waals surface area contributed by atoms with Gasteiger partial charge in [0.15, 0.2) is 5.13 Å². The lowest BCUT2D eigenvalue weighted by atomic mass is 10.1. The molecule has 164 valence electrons. The van der Waals surface area contributed by atoms with Crippen LogP contribution in [0.3, 0.4) is 0 Å². The molecule has 0 unspecified atom stereocenters. The van der Waals surface area contributed by atoms with Crippen LogP contribution in [0.25, 0.3) is 22.6 Å². The fourth-order valence-corrected chi connectivity index (χ4v) is 3.69. The van der Waals surface area contributed by atoms with Gasteiger partial charge in [0.1, 0.15) is 23.9 Å². The fraction of sp³-hybridized carbons (Fsp3) is 0.190. The maximum atomic E-state index is 13.5.